The Morgan fingerprint density at radius 3 is 1.81 bits per heavy atom. The first-order chi connectivity index (χ1) is 15.2. The largest absolute Gasteiger partial charge is 0.457 e. The van der Waals surface area contributed by atoms with Crippen LogP contribution in [0.15, 0.2) is 90.5 Å². The molecule has 0 saturated carbocycles. The van der Waals surface area contributed by atoms with Gasteiger partial charge in [0, 0.05) is 12.0 Å². The molecule has 0 fully saturated rings. The number of ether oxygens (including phenoxy) is 1. The standard InChI is InChI=1S/C29H29NO2/c1-22-15-17-23(18-16-22)19-24(27(31)32-28(2,3)4)20-29(21-30,25-11-7-5-8-12-25)26-13-9-6-10-14-26/h5-19H,20H2,1-4H3/b24-19+. The highest BCUT2D eigenvalue weighted by Gasteiger charge is 2.37. The number of nitriles is 1. The lowest BCUT2D eigenvalue weighted by Gasteiger charge is -2.30. The molecule has 0 N–H and O–H groups in total. The molecule has 0 saturated heterocycles. The minimum Gasteiger partial charge on any atom is -0.457 e. The fourth-order valence-corrected chi connectivity index (χ4v) is 3.66. The lowest BCUT2D eigenvalue weighted by Crippen LogP contribution is -2.31. The maximum atomic E-state index is 13.3. The molecule has 0 spiro atoms. The van der Waals surface area contributed by atoms with E-state index in [1.807, 2.05) is 119 Å². The van der Waals surface area contributed by atoms with Crippen LogP contribution in [0.25, 0.3) is 6.08 Å². The zero-order valence-corrected chi connectivity index (χ0v) is 19.1. The molecule has 3 rings (SSSR count). The zero-order valence-electron chi connectivity index (χ0n) is 19.1. The van der Waals surface area contributed by atoms with Crippen LogP contribution in [0.5, 0.6) is 0 Å². The van der Waals surface area contributed by atoms with Crippen molar-refractivity contribution < 1.29 is 9.53 Å². The van der Waals surface area contributed by atoms with Gasteiger partial charge >= 0.3 is 5.97 Å². The number of carbonyl (C=O) groups is 1. The fourth-order valence-electron chi connectivity index (χ4n) is 3.66. The number of carbonyl (C=O) groups excluding carboxylic acids is 1. The highest BCUT2D eigenvalue weighted by molar-refractivity contribution is 5.94. The summed E-state index contributed by atoms with van der Waals surface area (Å²) in [6.45, 7) is 7.56. The number of aryl methyl sites for hydroxylation is 1. The average molecular weight is 424 g/mol. The first kappa shape index (κ1) is 23.0. The quantitative estimate of drug-likeness (QED) is 0.331. The third-order valence-electron chi connectivity index (χ3n) is 5.26. The van der Waals surface area contributed by atoms with E-state index >= 15 is 0 Å². The highest BCUT2D eigenvalue weighted by atomic mass is 16.6. The molecule has 0 bridgehead atoms. The molecule has 0 heterocycles. The summed E-state index contributed by atoms with van der Waals surface area (Å²) in [5.74, 6) is -0.412. The molecule has 0 aliphatic heterocycles. The van der Waals surface area contributed by atoms with Crippen molar-refractivity contribution in [3.8, 4) is 6.07 Å². The molecular weight excluding hydrogens is 394 g/mol. The van der Waals surface area contributed by atoms with Gasteiger partial charge in [0.1, 0.15) is 11.0 Å². The van der Waals surface area contributed by atoms with E-state index in [9.17, 15) is 10.1 Å². The van der Waals surface area contributed by atoms with Crippen LogP contribution in [0.4, 0.5) is 0 Å². The predicted molar refractivity (Wildman–Crippen MR) is 129 cm³/mol. The van der Waals surface area contributed by atoms with Gasteiger partial charge in [0.05, 0.1) is 6.07 Å². The van der Waals surface area contributed by atoms with E-state index in [0.29, 0.717) is 5.57 Å². The Balaban J connectivity index is 2.16. The van der Waals surface area contributed by atoms with E-state index in [1.165, 1.54) is 0 Å². The van der Waals surface area contributed by atoms with Crippen LogP contribution in [0.1, 0.15) is 49.4 Å². The van der Waals surface area contributed by atoms with Gasteiger partial charge in [-0.05, 0) is 50.5 Å². The van der Waals surface area contributed by atoms with Crippen molar-refractivity contribution in [2.45, 2.75) is 45.1 Å². The summed E-state index contributed by atoms with van der Waals surface area (Å²) in [6, 6.07) is 29.8. The molecule has 3 nitrogen and oxygen atoms in total. The first-order valence-electron chi connectivity index (χ1n) is 10.8. The Morgan fingerprint density at radius 1 is 0.875 bits per heavy atom. The summed E-state index contributed by atoms with van der Waals surface area (Å²) in [6.07, 6.45) is 2.03. The van der Waals surface area contributed by atoms with Gasteiger partial charge in [-0.2, -0.15) is 5.26 Å². The van der Waals surface area contributed by atoms with Gasteiger partial charge in [-0.25, -0.2) is 4.79 Å². The van der Waals surface area contributed by atoms with Crippen molar-refractivity contribution in [3.63, 3.8) is 0 Å². The summed E-state index contributed by atoms with van der Waals surface area (Å²) in [5, 5.41) is 10.5. The Bertz CT molecular complexity index is 1080. The van der Waals surface area contributed by atoms with Crippen LogP contribution in [0.2, 0.25) is 0 Å². The van der Waals surface area contributed by atoms with Crippen molar-refractivity contribution in [2.24, 2.45) is 0 Å². The lowest BCUT2D eigenvalue weighted by molar-refractivity contribution is -0.150. The number of rotatable bonds is 6. The molecule has 0 aliphatic carbocycles. The van der Waals surface area contributed by atoms with E-state index in [0.717, 1.165) is 22.3 Å². The molecule has 162 valence electrons. The SMILES string of the molecule is Cc1ccc(/C=C(\CC(C#N)(c2ccccc2)c2ccccc2)C(=O)OC(C)(C)C)cc1. The van der Waals surface area contributed by atoms with Crippen LogP contribution in [0, 0.1) is 18.3 Å². The van der Waals surface area contributed by atoms with Crippen molar-refractivity contribution in [3.05, 3.63) is 113 Å². The summed E-state index contributed by atoms with van der Waals surface area (Å²) >= 11 is 0. The summed E-state index contributed by atoms with van der Waals surface area (Å²) < 4.78 is 5.74. The number of nitrogens with zero attached hydrogens (tertiary/aromatic N) is 1. The lowest BCUT2D eigenvalue weighted by atomic mass is 9.71. The van der Waals surface area contributed by atoms with Gasteiger partial charge < -0.3 is 4.74 Å². The van der Waals surface area contributed by atoms with Gasteiger partial charge in [0.15, 0.2) is 0 Å². The van der Waals surface area contributed by atoms with Gasteiger partial charge in [0.2, 0.25) is 0 Å². The first-order valence-corrected chi connectivity index (χ1v) is 10.8. The third kappa shape index (κ3) is 5.53. The monoisotopic (exact) mass is 423 g/mol. The van der Waals surface area contributed by atoms with Crippen molar-refractivity contribution >= 4 is 12.0 Å². The molecule has 32 heavy (non-hydrogen) atoms. The fraction of sp³-hybridized carbons (Fsp3) is 0.241. The summed E-state index contributed by atoms with van der Waals surface area (Å²) in [5.41, 5.74) is 2.50. The second kappa shape index (κ2) is 9.66. The maximum absolute atomic E-state index is 13.3. The van der Waals surface area contributed by atoms with Gasteiger partial charge in [-0.1, -0.05) is 90.5 Å². The minimum absolute atomic E-state index is 0.195. The number of benzene rings is 3. The molecule has 0 atom stereocenters. The highest BCUT2D eigenvalue weighted by Crippen LogP contribution is 2.38. The topological polar surface area (TPSA) is 50.1 Å². The second-order valence-electron chi connectivity index (χ2n) is 9.01. The van der Waals surface area contributed by atoms with E-state index in [1.54, 1.807) is 0 Å². The van der Waals surface area contributed by atoms with Crippen LogP contribution in [-0.2, 0) is 14.9 Å². The minimum atomic E-state index is -1.03. The Morgan fingerprint density at radius 2 is 1.38 bits per heavy atom. The number of esters is 1. The third-order valence-corrected chi connectivity index (χ3v) is 5.26. The van der Waals surface area contributed by atoms with E-state index < -0.39 is 17.0 Å². The van der Waals surface area contributed by atoms with Crippen LogP contribution in [0.3, 0.4) is 0 Å². The molecular formula is C29H29NO2. The van der Waals surface area contributed by atoms with Crippen LogP contribution >= 0.6 is 0 Å². The van der Waals surface area contributed by atoms with E-state index in [-0.39, 0.29) is 6.42 Å². The van der Waals surface area contributed by atoms with E-state index in [2.05, 4.69) is 6.07 Å². The normalized spacial score (nSPS) is 12.2. The molecule has 0 aromatic heterocycles. The molecule has 0 amide bonds. The molecule has 3 aromatic rings. The average Bonchev–Trinajstić information content (AvgIpc) is 2.78. The summed E-state index contributed by atoms with van der Waals surface area (Å²) in [4.78, 5) is 13.3. The Hall–Kier alpha value is -3.64. The zero-order chi connectivity index (χ0) is 23.2. The van der Waals surface area contributed by atoms with Crippen molar-refractivity contribution in [1.29, 1.82) is 5.26 Å². The van der Waals surface area contributed by atoms with Gasteiger partial charge in [-0.15, -0.1) is 0 Å². The van der Waals surface area contributed by atoms with Crippen LogP contribution < -0.4 is 0 Å². The van der Waals surface area contributed by atoms with Crippen molar-refractivity contribution in [2.75, 3.05) is 0 Å². The summed E-state index contributed by atoms with van der Waals surface area (Å²) in [7, 11) is 0. The molecule has 0 aliphatic rings. The van der Waals surface area contributed by atoms with E-state index in [4.69, 9.17) is 4.74 Å². The molecule has 0 radical (unpaired) electrons. The van der Waals surface area contributed by atoms with Gasteiger partial charge in [0.25, 0.3) is 0 Å². The maximum Gasteiger partial charge on any atom is 0.334 e. The van der Waals surface area contributed by atoms with Crippen LogP contribution in [-0.4, -0.2) is 11.6 Å². The van der Waals surface area contributed by atoms with Gasteiger partial charge in [-0.3, -0.25) is 0 Å². The Labute approximate surface area is 191 Å². The number of hydrogen-bond donors (Lipinski definition) is 0. The molecule has 0 unspecified atom stereocenters. The predicted octanol–water partition coefficient (Wildman–Crippen LogP) is 6.62. The molecule has 3 heteroatoms. The number of hydrogen-bond acceptors (Lipinski definition) is 3. The second-order valence-corrected chi connectivity index (χ2v) is 9.01. The Kier molecular flexibility index (Phi) is 6.95. The smallest absolute Gasteiger partial charge is 0.334 e. The molecule has 3 aromatic carbocycles. The van der Waals surface area contributed by atoms with Crippen molar-refractivity contribution in [1.82, 2.24) is 0 Å².